The second-order valence-corrected chi connectivity index (χ2v) is 4.69. The number of benzene rings is 1. The van der Waals surface area contributed by atoms with Crippen LogP contribution in [0.25, 0.3) is 0 Å². The van der Waals surface area contributed by atoms with Gasteiger partial charge in [-0.15, -0.1) is 0 Å². The Morgan fingerprint density at radius 2 is 1.72 bits per heavy atom. The molecule has 18 heavy (non-hydrogen) atoms. The third-order valence-corrected chi connectivity index (χ3v) is 2.85. The van der Waals surface area contributed by atoms with Crippen LogP contribution in [0.5, 0.6) is 0 Å². The first-order valence-corrected chi connectivity index (χ1v) is 5.58. The average Bonchev–Trinajstić information content (AvgIpc) is 2.32. The highest BCUT2D eigenvalue weighted by atomic mass is 19.2. The van der Waals surface area contributed by atoms with Gasteiger partial charge in [0.2, 0.25) is 0 Å². The lowest BCUT2D eigenvalue weighted by molar-refractivity contribution is -0.155. The molecule has 0 radical (unpaired) electrons. The number of esters is 1. The van der Waals surface area contributed by atoms with Crippen LogP contribution in [0.3, 0.4) is 0 Å². The standard InChI is InChI=1S/C13H15F3O2/c1-4-13(2,3)12(17)18-7-8-5-9(14)11(16)10(15)6-8/h5-6H,4,7H2,1-3H3. The van der Waals surface area contributed by atoms with Gasteiger partial charge in [-0.1, -0.05) is 6.92 Å². The Morgan fingerprint density at radius 3 is 2.17 bits per heavy atom. The van der Waals surface area contributed by atoms with Crippen molar-refractivity contribution in [3.05, 3.63) is 35.1 Å². The van der Waals surface area contributed by atoms with E-state index in [-0.39, 0.29) is 12.2 Å². The van der Waals surface area contributed by atoms with Crippen molar-refractivity contribution in [2.24, 2.45) is 5.41 Å². The Kier molecular flexibility index (Phi) is 4.38. The van der Waals surface area contributed by atoms with Crippen LogP contribution in [-0.4, -0.2) is 5.97 Å². The van der Waals surface area contributed by atoms with E-state index in [0.29, 0.717) is 6.42 Å². The Morgan fingerprint density at radius 1 is 1.22 bits per heavy atom. The second kappa shape index (κ2) is 5.42. The molecule has 0 atom stereocenters. The van der Waals surface area contributed by atoms with Gasteiger partial charge in [0.05, 0.1) is 5.41 Å². The van der Waals surface area contributed by atoms with E-state index in [0.717, 1.165) is 12.1 Å². The Labute approximate surface area is 104 Å². The lowest BCUT2D eigenvalue weighted by Gasteiger charge is -2.20. The Balaban J connectivity index is 2.73. The van der Waals surface area contributed by atoms with Gasteiger partial charge >= 0.3 is 5.97 Å². The number of carbonyl (C=O) groups excluding carboxylic acids is 1. The van der Waals surface area contributed by atoms with Crippen molar-refractivity contribution in [3.8, 4) is 0 Å². The summed E-state index contributed by atoms with van der Waals surface area (Å²) in [6, 6.07) is 1.62. The first kappa shape index (κ1) is 14.5. The lowest BCUT2D eigenvalue weighted by Crippen LogP contribution is -2.25. The molecule has 0 unspecified atom stereocenters. The smallest absolute Gasteiger partial charge is 0.311 e. The summed E-state index contributed by atoms with van der Waals surface area (Å²) >= 11 is 0. The van der Waals surface area contributed by atoms with Crippen molar-refractivity contribution < 1.29 is 22.7 Å². The van der Waals surface area contributed by atoms with E-state index >= 15 is 0 Å². The van der Waals surface area contributed by atoms with E-state index in [1.165, 1.54) is 0 Å². The molecule has 0 heterocycles. The summed E-state index contributed by atoms with van der Waals surface area (Å²) in [4.78, 5) is 11.6. The first-order chi connectivity index (χ1) is 8.27. The van der Waals surface area contributed by atoms with E-state index < -0.39 is 28.8 Å². The predicted octanol–water partition coefficient (Wildman–Crippen LogP) is 3.58. The van der Waals surface area contributed by atoms with Crippen molar-refractivity contribution in [2.75, 3.05) is 0 Å². The van der Waals surface area contributed by atoms with Gasteiger partial charge in [-0.2, -0.15) is 0 Å². The summed E-state index contributed by atoms with van der Waals surface area (Å²) in [6.45, 7) is 4.97. The van der Waals surface area contributed by atoms with Gasteiger partial charge in [0.15, 0.2) is 17.5 Å². The third kappa shape index (κ3) is 3.24. The van der Waals surface area contributed by atoms with Gasteiger partial charge in [-0.05, 0) is 38.0 Å². The fraction of sp³-hybridized carbons (Fsp3) is 0.462. The minimum atomic E-state index is -1.53. The molecule has 1 aromatic carbocycles. The second-order valence-electron chi connectivity index (χ2n) is 4.69. The van der Waals surface area contributed by atoms with Crippen molar-refractivity contribution >= 4 is 5.97 Å². The van der Waals surface area contributed by atoms with E-state index in [1.807, 2.05) is 6.92 Å². The van der Waals surface area contributed by atoms with E-state index in [2.05, 4.69) is 0 Å². The maximum atomic E-state index is 12.9. The van der Waals surface area contributed by atoms with Crippen LogP contribution >= 0.6 is 0 Å². The highest BCUT2D eigenvalue weighted by molar-refractivity contribution is 5.75. The summed E-state index contributed by atoms with van der Waals surface area (Å²) < 4.78 is 43.5. The zero-order valence-electron chi connectivity index (χ0n) is 10.5. The monoisotopic (exact) mass is 260 g/mol. The SMILES string of the molecule is CCC(C)(C)C(=O)OCc1cc(F)c(F)c(F)c1. The fourth-order valence-electron chi connectivity index (χ4n) is 1.18. The molecule has 0 bridgehead atoms. The van der Waals surface area contributed by atoms with Crippen LogP contribution in [0.15, 0.2) is 12.1 Å². The third-order valence-electron chi connectivity index (χ3n) is 2.85. The van der Waals surface area contributed by atoms with Gasteiger partial charge < -0.3 is 4.74 Å². The zero-order chi connectivity index (χ0) is 13.9. The van der Waals surface area contributed by atoms with Crippen molar-refractivity contribution in [2.45, 2.75) is 33.8 Å². The highest BCUT2D eigenvalue weighted by Gasteiger charge is 2.27. The van der Waals surface area contributed by atoms with Gasteiger partial charge in [-0.25, -0.2) is 13.2 Å². The number of hydrogen-bond acceptors (Lipinski definition) is 2. The van der Waals surface area contributed by atoms with Crippen molar-refractivity contribution in [3.63, 3.8) is 0 Å². The fourth-order valence-corrected chi connectivity index (χ4v) is 1.18. The van der Waals surface area contributed by atoms with Crippen molar-refractivity contribution in [1.29, 1.82) is 0 Å². The van der Waals surface area contributed by atoms with Crippen LogP contribution in [0.2, 0.25) is 0 Å². The van der Waals surface area contributed by atoms with E-state index in [1.54, 1.807) is 13.8 Å². The minimum absolute atomic E-state index is 0.0756. The summed E-state index contributed by atoms with van der Waals surface area (Å²) in [5.74, 6) is -4.58. The van der Waals surface area contributed by atoms with Gasteiger partial charge in [0.1, 0.15) is 6.61 Å². The molecule has 0 aliphatic rings. The molecule has 5 heteroatoms. The molecule has 0 saturated carbocycles. The van der Waals surface area contributed by atoms with E-state index in [4.69, 9.17) is 4.74 Å². The first-order valence-electron chi connectivity index (χ1n) is 5.58. The molecule has 0 aliphatic heterocycles. The number of hydrogen-bond donors (Lipinski definition) is 0. The maximum absolute atomic E-state index is 12.9. The summed E-state index contributed by atoms with van der Waals surface area (Å²) in [5, 5.41) is 0. The van der Waals surface area contributed by atoms with Crippen LogP contribution in [0.1, 0.15) is 32.8 Å². The zero-order valence-corrected chi connectivity index (χ0v) is 10.5. The topological polar surface area (TPSA) is 26.3 Å². The molecule has 0 saturated heterocycles. The minimum Gasteiger partial charge on any atom is -0.460 e. The summed E-state index contributed by atoms with van der Waals surface area (Å²) in [6.07, 6.45) is 0.581. The highest BCUT2D eigenvalue weighted by Crippen LogP contribution is 2.22. The van der Waals surface area contributed by atoms with Gasteiger partial charge in [0, 0.05) is 0 Å². The molecule has 100 valence electrons. The van der Waals surface area contributed by atoms with Crippen molar-refractivity contribution in [1.82, 2.24) is 0 Å². The molecule has 0 fully saturated rings. The molecule has 1 aromatic rings. The van der Waals surface area contributed by atoms with Crippen LogP contribution in [0, 0.1) is 22.9 Å². The number of halogens is 3. The molecule has 0 aliphatic carbocycles. The Hall–Kier alpha value is -1.52. The van der Waals surface area contributed by atoms with Crippen LogP contribution in [0.4, 0.5) is 13.2 Å². The molecule has 2 nitrogen and oxygen atoms in total. The number of carbonyl (C=O) groups is 1. The predicted molar refractivity (Wildman–Crippen MR) is 60.2 cm³/mol. The number of ether oxygens (including phenoxy) is 1. The van der Waals surface area contributed by atoms with Crippen LogP contribution in [-0.2, 0) is 16.1 Å². The largest absolute Gasteiger partial charge is 0.460 e. The molecule has 0 N–H and O–H groups in total. The molecule has 1 rings (SSSR count). The molecule has 0 spiro atoms. The molecule has 0 aromatic heterocycles. The Bertz CT molecular complexity index is 433. The summed E-state index contributed by atoms with van der Waals surface area (Å²) in [5.41, 5.74) is -0.580. The van der Waals surface area contributed by atoms with Gasteiger partial charge in [0.25, 0.3) is 0 Å². The summed E-state index contributed by atoms with van der Waals surface area (Å²) in [7, 11) is 0. The molecular weight excluding hydrogens is 245 g/mol. The van der Waals surface area contributed by atoms with Gasteiger partial charge in [-0.3, -0.25) is 4.79 Å². The maximum Gasteiger partial charge on any atom is 0.311 e. The molecule has 0 amide bonds. The average molecular weight is 260 g/mol. The number of rotatable bonds is 4. The quantitative estimate of drug-likeness (QED) is 0.611. The van der Waals surface area contributed by atoms with E-state index in [9.17, 15) is 18.0 Å². The normalized spacial score (nSPS) is 11.4. The molecular formula is C13H15F3O2. The van der Waals surface area contributed by atoms with Crippen LogP contribution < -0.4 is 0 Å². The lowest BCUT2D eigenvalue weighted by atomic mass is 9.91.